The molecule has 0 aliphatic carbocycles. The molecule has 2 aromatic heterocycles. The lowest BCUT2D eigenvalue weighted by Gasteiger charge is -2.29. The monoisotopic (exact) mass is 559 g/mol. The van der Waals surface area contributed by atoms with Crippen molar-refractivity contribution >= 4 is 16.8 Å². The van der Waals surface area contributed by atoms with Gasteiger partial charge in [0.25, 0.3) is 0 Å². The number of benzene rings is 2. The largest absolute Gasteiger partial charge is 0.467 e. The smallest absolute Gasteiger partial charge is 0.237 e. The summed E-state index contributed by atoms with van der Waals surface area (Å²) in [5.41, 5.74) is 4.77. The van der Waals surface area contributed by atoms with E-state index in [2.05, 4.69) is 69.1 Å². The first-order chi connectivity index (χ1) is 19.7. The molecule has 0 fully saturated rings. The van der Waals surface area contributed by atoms with E-state index in [4.69, 9.17) is 9.15 Å². The Hall–Kier alpha value is -3.39. The van der Waals surface area contributed by atoms with Gasteiger partial charge in [-0.15, -0.1) is 0 Å². The highest BCUT2D eigenvalue weighted by atomic mass is 16.5. The van der Waals surface area contributed by atoms with E-state index in [1.807, 2.05) is 40.3 Å². The molecule has 220 valence electrons. The van der Waals surface area contributed by atoms with Gasteiger partial charge in [0, 0.05) is 36.7 Å². The molecule has 2 N–H and O–H groups in total. The highest BCUT2D eigenvalue weighted by molar-refractivity contribution is 5.83. The Morgan fingerprint density at radius 1 is 1.05 bits per heavy atom. The summed E-state index contributed by atoms with van der Waals surface area (Å²) in [7, 11) is 0. The molecule has 0 saturated heterocycles. The Morgan fingerprint density at radius 3 is 2.54 bits per heavy atom. The van der Waals surface area contributed by atoms with Gasteiger partial charge < -0.3 is 24.1 Å². The van der Waals surface area contributed by atoms with Crippen LogP contribution in [0.25, 0.3) is 10.9 Å². The Labute approximate surface area is 244 Å². The number of rotatable bonds is 15. The number of ether oxygens (including phenoxy) is 1. The number of nitrogens with one attached hydrogen (secondary N) is 1. The number of carbonyl (C=O) groups excluding carboxylic acids is 1. The third-order valence-electron chi connectivity index (χ3n) is 7.37. The molecule has 1 atom stereocenters. The molecule has 2 heterocycles. The zero-order valence-corrected chi connectivity index (χ0v) is 24.9. The number of aromatic amines is 1. The first-order valence-corrected chi connectivity index (χ1v) is 14.7. The fourth-order valence-electron chi connectivity index (χ4n) is 5.10. The van der Waals surface area contributed by atoms with Gasteiger partial charge in [-0.1, -0.05) is 70.2 Å². The van der Waals surface area contributed by atoms with Crippen molar-refractivity contribution in [1.29, 1.82) is 0 Å². The molecular weight excluding hydrogens is 514 g/mol. The number of hydrogen-bond donors (Lipinski definition) is 2. The van der Waals surface area contributed by atoms with Gasteiger partial charge >= 0.3 is 0 Å². The van der Waals surface area contributed by atoms with Gasteiger partial charge in [-0.05, 0) is 59.7 Å². The first-order valence-electron chi connectivity index (χ1n) is 14.7. The third kappa shape index (κ3) is 9.05. The highest BCUT2D eigenvalue weighted by Gasteiger charge is 2.21. The Kier molecular flexibility index (Phi) is 10.8. The molecule has 2 aromatic carbocycles. The van der Waals surface area contributed by atoms with E-state index in [1.165, 1.54) is 16.5 Å². The minimum Gasteiger partial charge on any atom is -0.467 e. The van der Waals surface area contributed by atoms with Crippen LogP contribution in [0.4, 0.5) is 0 Å². The number of nitrogens with zero attached hydrogens (tertiary/aromatic N) is 2. The van der Waals surface area contributed by atoms with E-state index in [0.29, 0.717) is 26.2 Å². The van der Waals surface area contributed by atoms with Gasteiger partial charge in [-0.25, -0.2) is 0 Å². The van der Waals surface area contributed by atoms with Crippen LogP contribution in [0.1, 0.15) is 56.6 Å². The molecule has 4 aromatic rings. The van der Waals surface area contributed by atoms with Crippen LogP contribution in [0.3, 0.4) is 0 Å². The number of H-pyrrole nitrogens is 1. The predicted molar refractivity (Wildman–Crippen MR) is 164 cm³/mol. The first kappa shape index (κ1) is 30.6. The van der Waals surface area contributed by atoms with Gasteiger partial charge in [0.2, 0.25) is 5.91 Å². The van der Waals surface area contributed by atoms with Crippen LogP contribution < -0.4 is 0 Å². The van der Waals surface area contributed by atoms with Crippen molar-refractivity contribution in [3.8, 4) is 0 Å². The second kappa shape index (κ2) is 14.5. The van der Waals surface area contributed by atoms with Crippen molar-refractivity contribution in [2.75, 3.05) is 32.8 Å². The Morgan fingerprint density at radius 2 is 1.83 bits per heavy atom. The number of aliphatic hydroxyl groups excluding tert-OH is 1. The summed E-state index contributed by atoms with van der Waals surface area (Å²) in [6.45, 7) is 11.7. The predicted octanol–water partition coefficient (Wildman–Crippen LogP) is 5.92. The number of hydrogen-bond acceptors (Lipinski definition) is 5. The Bertz CT molecular complexity index is 1340. The summed E-state index contributed by atoms with van der Waals surface area (Å²) in [5.74, 6) is 0.779. The molecule has 41 heavy (non-hydrogen) atoms. The molecule has 4 rings (SSSR count). The fourth-order valence-corrected chi connectivity index (χ4v) is 5.10. The number of carbonyl (C=O) groups is 1. The number of furan rings is 1. The molecule has 0 aliphatic heterocycles. The molecular formula is C34H45N3O4. The quantitative estimate of drug-likeness (QED) is 0.189. The second-order valence-electron chi connectivity index (χ2n) is 11.9. The number of fused-ring (bicyclic) bond motifs is 1. The van der Waals surface area contributed by atoms with Crippen LogP contribution in [0.2, 0.25) is 0 Å². The van der Waals surface area contributed by atoms with Crippen LogP contribution in [-0.2, 0) is 34.5 Å². The van der Waals surface area contributed by atoms with Crippen molar-refractivity contribution in [1.82, 2.24) is 14.8 Å². The van der Waals surface area contributed by atoms with Gasteiger partial charge in [0.1, 0.15) is 12.4 Å². The lowest BCUT2D eigenvalue weighted by molar-refractivity contribution is -0.133. The molecule has 7 heteroatoms. The summed E-state index contributed by atoms with van der Waals surface area (Å²) in [6, 6.07) is 20.5. The van der Waals surface area contributed by atoms with E-state index < -0.39 is 6.10 Å². The van der Waals surface area contributed by atoms with E-state index in [-0.39, 0.29) is 24.5 Å². The van der Waals surface area contributed by atoms with Gasteiger partial charge in [0.05, 0.1) is 25.5 Å². The van der Waals surface area contributed by atoms with Crippen LogP contribution >= 0.6 is 0 Å². The summed E-state index contributed by atoms with van der Waals surface area (Å²) >= 11 is 0. The zero-order chi connectivity index (χ0) is 29.2. The normalized spacial score (nSPS) is 12.7. The second-order valence-corrected chi connectivity index (χ2v) is 11.9. The summed E-state index contributed by atoms with van der Waals surface area (Å²) in [5, 5.41) is 11.9. The third-order valence-corrected chi connectivity index (χ3v) is 7.37. The molecule has 0 saturated carbocycles. The number of aliphatic hydroxyl groups is 1. The minimum absolute atomic E-state index is 0.0573. The molecule has 0 aliphatic rings. The lowest BCUT2D eigenvalue weighted by Crippen LogP contribution is -2.44. The van der Waals surface area contributed by atoms with E-state index in [0.717, 1.165) is 36.2 Å². The van der Waals surface area contributed by atoms with Crippen molar-refractivity contribution < 1.29 is 19.1 Å². The van der Waals surface area contributed by atoms with Crippen LogP contribution in [0.5, 0.6) is 0 Å². The fraction of sp³-hybridized carbons (Fsp3) is 0.441. The molecule has 1 amide bonds. The van der Waals surface area contributed by atoms with Crippen molar-refractivity contribution in [2.45, 2.75) is 65.2 Å². The SMILES string of the molecule is CCCN(CC(=O)N(CCc1c[nH]c2ccccc12)Cc1ccc(C(C)(C)C)cc1)C[C@@H](O)COCc1ccco1. The molecule has 0 radical (unpaired) electrons. The zero-order valence-electron chi connectivity index (χ0n) is 24.9. The maximum atomic E-state index is 13.8. The average molecular weight is 560 g/mol. The summed E-state index contributed by atoms with van der Waals surface area (Å²) in [4.78, 5) is 21.1. The van der Waals surface area contributed by atoms with E-state index in [1.54, 1.807) is 6.26 Å². The van der Waals surface area contributed by atoms with Crippen LogP contribution in [-0.4, -0.2) is 64.7 Å². The van der Waals surface area contributed by atoms with Gasteiger partial charge in [0.15, 0.2) is 0 Å². The summed E-state index contributed by atoms with van der Waals surface area (Å²) in [6.07, 6.45) is 4.60. The van der Waals surface area contributed by atoms with Gasteiger partial charge in [-0.3, -0.25) is 9.69 Å². The highest BCUT2D eigenvalue weighted by Crippen LogP contribution is 2.23. The van der Waals surface area contributed by atoms with Crippen LogP contribution in [0.15, 0.2) is 77.5 Å². The molecule has 0 unspecified atom stereocenters. The maximum absolute atomic E-state index is 13.8. The molecule has 7 nitrogen and oxygen atoms in total. The van der Waals surface area contributed by atoms with E-state index >= 15 is 0 Å². The van der Waals surface area contributed by atoms with Gasteiger partial charge in [-0.2, -0.15) is 0 Å². The van der Waals surface area contributed by atoms with Crippen molar-refractivity contribution in [3.63, 3.8) is 0 Å². The lowest BCUT2D eigenvalue weighted by atomic mass is 9.87. The Balaban J connectivity index is 1.42. The molecule has 0 spiro atoms. The molecule has 0 bridgehead atoms. The minimum atomic E-state index is -0.700. The van der Waals surface area contributed by atoms with E-state index in [9.17, 15) is 9.90 Å². The number of amides is 1. The van der Waals surface area contributed by atoms with Crippen molar-refractivity contribution in [3.05, 3.63) is 95.6 Å². The number of para-hydroxylation sites is 1. The topological polar surface area (TPSA) is 81.9 Å². The van der Waals surface area contributed by atoms with Crippen molar-refractivity contribution in [2.24, 2.45) is 0 Å². The average Bonchev–Trinajstić information content (AvgIpc) is 3.61. The standard InChI is InChI=1S/C34H45N3O4/c1-5-17-36(22-29(38)24-40-25-30-9-8-19-41-30)23-33(39)37(21-26-12-14-28(15-13-26)34(2,3)4)18-16-27-20-35-32-11-7-6-10-31(27)32/h6-15,19-20,29,35,38H,5,16-18,21-25H2,1-4H3/t29-/m1/s1. The maximum Gasteiger partial charge on any atom is 0.237 e. The number of aromatic nitrogens is 1. The van der Waals surface area contributed by atoms with Crippen LogP contribution in [0, 0.1) is 0 Å². The summed E-state index contributed by atoms with van der Waals surface area (Å²) < 4.78 is 10.9.